The maximum Gasteiger partial charge on any atom is 0.471 e. The number of thiophene rings is 1. The minimum Gasteiger partial charge on any atom is -0.352 e. The zero-order chi connectivity index (χ0) is 18.3. The highest BCUT2D eigenvalue weighted by Gasteiger charge is 2.38. The van der Waals surface area contributed by atoms with E-state index in [1.807, 2.05) is 4.90 Å². The summed E-state index contributed by atoms with van der Waals surface area (Å²) in [6, 6.07) is 2.11. The van der Waals surface area contributed by atoms with Crippen molar-refractivity contribution >= 4 is 17.2 Å². The van der Waals surface area contributed by atoms with Crippen LogP contribution in [0.25, 0.3) is 10.7 Å². The van der Waals surface area contributed by atoms with E-state index < -0.39 is 12.1 Å². The van der Waals surface area contributed by atoms with Gasteiger partial charge in [-0.2, -0.15) is 18.2 Å². The minimum atomic E-state index is -4.65. The first-order valence-corrected chi connectivity index (χ1v) is 9.25. The summed E-state index contributed by atoms with van der Waals surface area (Å²) in [6.07, 6.45) is -0.627. The van der Waals surface area contributed by atoms with Crippen molar-refractivity contribution in [2.24, 2.45) is 0 Å². The highest BCUT2D eigenvalue weighted by molar-refractivity contribution is 7.15. The number of alkyl halides is 3. The van der Waals surface area contributed by atoms with E-state index in [0.29, 0.717) is 24.0 Å². The molecule has 10 heteroatoms. The fourth-order valence-corrected chi connectivity index (χ4v) is 4.19. The molecule has 2 aliphatic rings. The molecule has 1 aliphatic carbocycles. The molecule has 0 atom stereocenters. The highest BCUT2D eigenvalue weighted by Crippen LogP contribution is 2.35. The molecular formula is C16H17F3N4O2S. The van der Waals surface area contributed by atoms with E-state index in [1.165, 1.54) is 17.8 Å². The third kappa shape index (κ3) is 3.61. The van der Waals surface area contributed by atoms with Crippen molar-refractivity contribution in [2.75, 3.05) is 13.1 Å². The summed E-state index contributed by atoms with van der Waals surface area (Å²) >= 11 is 1.38. The van der Waals surface area contributed by atoms with Crippen LogP contribution in [0.2, 0.25) is 0 Å². The zero-order valence-electron chi connectivity index (χ0n) is 13.8. The highest BCUT2D eigenvalue weighted by atomic mass is 32.1. The maximum absolute atomic E-state index is 12.6. The second-order valence-corrected chi connectivity index (χ2v) is 7.77. The van der Waals surface area contributed by atoms with Crippen LogP contribution in [0.3, 0.4) is 0 Å². The van der Waals surface area contributed by atoms with Gasteiger partial charge in [-0.15, -0.1) is 11.3 Å². The molecule has 0 saturated heterocycles. The lowest BCUT2D eigenvalue weighted by atomic mass is 9.93. The average Bonchev–Trinajstić information content (AvgIpc) is 3.16. The topological polar surface area (TPSA) is 71.3 Å². The van der Waals surface area contributed by atoms with Gasteiger partial charge in [0.25, 0.3) is 0 Å². The lowest BCUT2D eigenvalue weighted by Gasteiger charge is -2.30. The molecule has 4 rings (SSSR count). The Morgan fingerprint density at radius 2 is 2.23 bits per heavy atom. The molecule has 1 amide bonds. The molecule has 0 radical (unpaired) electrons. The summed E-state index contributed by atoms with van der Waals surface area (Å²) in [4.78, 5) is 19.2. The number of halogens is 3. The van der Waals surface area contributed by atoms with Crippen molar-refractivity contribution in [3.8, 4) is 10.7 Å². The van der Waals surface area contributed by atoms with Gasteiger partial charge in [0.2, 0.25) is 11.7 Å². The first-order chi connectivity index (χ1) is 12.4. The van der Waals surface area contributed by atoms with Crippen LogP contribution in [0.15, 0.2) is 10.6 Å². The van der Waals surface area contributed by atoms with Gasteiger partial charge in [-0.3, -0.25) is 9.69 Å². The fourth-order valence-electron chi connectivity index (χ4n) is 3.10. The molecule has 3 heterocycles. The number of nitrogens with zero attached hydrogens (tertiary/aromatic N) is 3. The average molecular weight is 386 g/mol. The predicted molar refractivity (Wildman–Crippen MR) is 87.4 cm³/mol. The van der Waals surface area contributed by atoms with Gasteiger partial charge in [0.1, 0.15) is 0 Å². The molecule has 0 aromatic carbocycles. The lowest BCUT2D eigenvalue weighted by Crippen LogP contribution is -2.45. The van der Waals surface area contributed by atoms with Crippen molar-refractivity contribution in [2.45, 2.75) is 44.4 Å². The van der Waals surface area contributed by atoms with E-state index in [0.717, 1.165) is 36.2 Å². The van der Waals surface area contributed by atoms with Gasteiger partial charge in [0.05, 0.1) is 11.4 Å². The molecule has 1 saturated carbocycles. The van der Waals surface area contributed by atoms with Gasteiger partial charge in [-0.1, -0.05) is 5.16 Å². The number of amides is 1. The molecule has 140 valence electrons. The largest absolute Gasteiger partial charge is 0.471 e. The number of carbonyl (C=O) groups excluding carboxylic acids is 1. The number of hydrogen-bond acceptors (Lipinski definition) is 6. The van der Waals surface area contributed by atoms with Crippen molar-refractivity contribution in [1.29, 1.82) is 0 Å². The number of rotatable bonds is 4. The first-order valence-electron chi connectivity index (χ1n) is 8.43. The Hall–Kier alpha value is -1.94. The Morgan fingerprint density at radius 1 is 1.42 bits per heavy atom. The summed E-state index contributed by atoms with van der Waals surface area (Å²) in [5, 5.41) is 6.46. The molecule has 1 aliphatic heterocycles. The Morgan fingerprint density at radius 3 is 2.88 bits per heavy atom. The number of hydrogen-bond donors (Lipinski definition) is 1. The number of fused-ring (bicyclic) bond motifs is 1. The van der Waals surface area contributed by atoms with Crippen LogP contribution in [0.1, 0.15) is 35.6 Å². The summed E-state index contributed by atoms with van der Waals surface area (Å²) in [5.74, 6) is -1.36. The van der Waals surface area contributed by atoms with Gasteiger partial charge in [-0.25, -0.2) is 0 Å². The van der Waals surface area contributed by atoms with E-state index in [-0.39, 0.29) is 11.7 Å². The summed E-state index contributed by atoms with van der Waals surface area (Å²) < 4.78 is 42.1. The van der Waals surface area contributed by atoms with E-state index in [2.05, 4.69) is 20.0 Å². The molecule has 2 aromatic rings. The predicted octanol–water partition coefficient (Wildman–Crippen LogP) is 2.84. The Labute approximate surface area is 151 Å². The Bertz CT molecular complexity index is 813. The van der Waals surface area contributed by atoms with E-state index in [1.54, 1.807) is 6.07 Å². The molecule has 0 unspecified atom stereocenters. The van der Waals surface area contributed by atoms with E-state index in [4.69, 9.17) is 0 Å². The molecule has 1 N–H and O–H groups in total. The quantitative estimate of drug-likeness (QED) is 0.875. The van der Waals surface area contributed by atoms with Gasteiger partial charge in [0.15, 0.2) is 0 Å². The van der Waals surface area contributed by atoms with Crippen LogP contribution in [0, 0.1) is 0 Å². The van der Waals surface area contributed by atoms with Crippen molar-refractivity contribution in [3.63, 3.8) is 0 Å². The summed E-state index contributed by atoms with van der Waals surface area (Å²) in [7, 11) is 0. The SMILES string of the molecule is O=C(CN1CCc2sc(-c3noc(C(F)(F)F)n3)cc2C1)NC1CCC1. The van der Waals surface area contributed by atoms with Gasteiger partial charge in [-0.05, 0) is 37.3 Å². The normalized spacial score (nSPS) is 18.4. The minimum absolute atomic E-state index is 0.0292. The van der Waals surface area contributed by atoms with Crippen molar-refractivity contribution in [1.82, 2.24) is 20.4 Å². The van der Waals surface area contributed by atoms with E-state index in [9.17, 15) is 18.0 Å². The summed E-state index contributed by atoms with van der Waals surface area (Å²) in [5.41, 5.74) is 1.01. The van der Waals surface area contributed by atoms with Crippen LogP contribution in [-0.4, -0.2) is 40.1 Å². The molecule has 26 heavy (non-hydrogen) atoms. The monoisotopic (exact) mass is 386 g/mol. The maximum atomic E-state index is 12.6. The second kappa shape index (κ2) is 6.66. The van der Waals surface area contributed by atoms with Crippen molar-refractivity contribution < 1.29 is 22.5 Å². The van der Waals surface area contributed by atoms with Crippen LogP contribution in [0.4, 0.5) is 13.2 Å². The van der Waals surface area contributed by atoms with E-state index >= 15 is 0 Å². The third-order valence-electron chi connectivity index (χ3n) is 4.67. The van der Waals surface area contributed by atoms with Crippen molar-refractivity contribution in [3.05, 3.63) is 22.4 Å². The number of aromatic nitrogens is 2. The van der Waals surface area contributed by atoms with Gasteiger partial charge in [0, 0.05) is 24.0 Å². The summed E-state index contributed by atoms with van der Waals surface area (Å²) in [6.45, 7) is 1.67. The zero-order valence-corrected chi connectivity index (χ0v) is 14.6. The Kier molecular flexibility index (Phi) is 4.47. The second-order valence-electron chi connectivity index (χ2n) is 6.64. The van der Waals surface area contributed by atoms with Gasteiger partial charge >= 0.3 is 12.1 Å². The van der Waals surface area contributed by atoms with Crippen LogP contribution in [-0.2, 0) is 23.9 Å². The van der Waals surface area contributed by atoms with Crippen LogP contribution in [0.5, 0.6) is 0 Å². The standard InChI is InChI=1S/C16H17F3N4O2S/c17-16(18,19)15-21-14(22-25-15)12-6-9-7-23(5-4-11(9)26-12)8-13(24)20-10-2-1-3-10/h6,10H,1-5,7-8H2,(H,20,24). The molecular weight excluding hydrogens is 369 g/mol. The molecule has 0 bridgehead atoms. The fraction of sp³-hybridized carbons (Fsp3) is 0.562. The molecule has 2 aromatic heterocycles. The number of carbonyl (C=O) groups is 1. The van der Waals surface area contributed by atoms with Crippen LogP contribution < -0.4 is 5.32 Å². The molecule has 1 fully saturated rings. The van der Waals surface area contributed by atoms with Crippen LogP contribution >= 0.6 is 11.3 Å². The molecule has 0 spiro atoms. The number of nitrogens with one attached hydrogen (secondary N) is 1. The third-order valence-corrected chi connectivity index (χ3v) is 5.91. The Balaban J connectivity index is 1.42. The first kappa shape index (κ1) is 17.5. The molecule has 6 nitrogen and oxygen atoms in total. The van der Waals surface area contributed by atoms with Gasteiger partial charge < -0.3 is 9.84 Å². The smallest absolute Gasteiger partial charge is 0.352 e. The lowest BCUT2D eigenvalue weighted by molar-refractivity contribution is -0.159.